The van der Waals surface area contributed by atoms with Crippen LogP contribution >= 0.6 is 0 Å². The fourth-order valence-electron chi connectivity index (χ4n) is 1.46. The Morgan fingerprint density at radius 1 is 1.41 bits per heavy atom. The number of ether oxygens (including phenoxy) is 2. The van der Waals surface area contributed by atoms with E-state index in [1.165, 1.54) is 20.3 Å². The smallest absolute Gasteiger partial charge is 0.315 e. The summed E-state index contributed by atoms with van der Waals surface area (Å²) in [4.78, 5) is 13.6. The molecule has 0 heterocycles. The van der Waals surface area contributed by atoms with Crippen molar-refractivity contribution < 1.29 is 14.4 Å². The van der Waals surface area contributed by atoms with Crippen molar-refractivity contribution in [3.63, 3.8) is 0 Å². The Morgan fingerprint density at radius 3 is 2.59 bits per heavy atom. The molecule has 6 nitrogen and oxygen atoms in total. The van der Waals surface area contributed by atoms with E-state index in [-0.39, 0.29) is 18.0 Å². The highest BCUT2D eigenvalue weighted by Gasteiger charge is 2.21. The lowest BCUT2D eigenvalue weighted by atomic mass is 10.1. The predicted molar refractivity (Wildman–Crippen MR) is 61.4 cm³/mol. The fourth-order valence-corrected chi connectivity index (χ4v) is 1.46. The first-order valence-electron chi connectivity index (χ1n) is 4.86. The lowest BCUT2D eigenvalue weighted by Crippen LogP contribution is -1.99. The zero-order valence-electron chi connectivity index (χ0n) is 9.60. The van der Waals surface area contributed by atoms with Crippen LogP contribution in [0.1, 0.15) is 5.56 Å². The topological polar surface area (TPSA) is 66.0 Å². The highest BCUT2D eigenvalue weighted by Crippen LogP contribution is 2.37. The van der Waals surface area contributed by atoms with Crippen LogP contribution in [0.2, 0.25) is 0 Å². The number of nitrogens with zero attached hydrogens (tertiary/aromatic N) is 2. The maximum absolute atomic E-state index is 10.9. The van der Waals surface area contributed by atoms with Crippen molar-refractivity contribution in [1.82, 2.24) is 0 Å². The van der Waals surface area contributed by atoms with Crippen LogP contribution in [0.4, 0.5) is 5.69 Å². The Kier molecular flexibility index (Phi) is 4.29. The summed E-state index contributed by atoms with van der Waals surface area (Å²) in [6.07, 6.45) is 0.449. The van der Waals surface area contributed by atoms with Crippen molar-refractivity contribution in [2.24, 2.45) is 0 Å². The molecule has 0 atom stereocenters. The van der Waals surface area contributed by atoms with Crippen LogP contribution in [-0.4, -0.2) is 25.7 Å². The summed E-state index contributed by atoms with van der Waals surface area (Å²) in [5.74, 6) is 0.408. The third-order valence-electron chi connectivity index (χ3n) is 2.23. The van der Waals surface area contributed by atoms with Crippen molar-refractivity contribution in [1.29, 1.82) is 0 Å². The molecule has 0 fully saturated rings. The van der Waals surface area contributed by atoms with E-state index < -0.39 is 4.92 Å². The Balaban J connectivity index is 3.25. The van der Waals surface area contributed by atoms with Crippen molar-refractivity contribution in [2.45, 2.75) is 6.42 Å². The monoisotopic (exact) mass is 236 g/mol. The van der Waals surface area contributed by atoms with E-state index in [0.29, 0.717) is 17.7 Å². The molecule has 1 rings (SSSR count). The SMILES string of the molecule is [C-]#[N+]CCc1cc(OC)c(OC)c([N+](=O)[O-])c1. The third kappa shape index (κ3) is 2.84. The molecule has 0 spiro atoms. The van der Waals surface area contributed by atoms with E-state index >= 15 is 0 Å². The number of nitro groups is 1. The maximum Gasteiger partial charge on any atom is 0.315 e. The molecule has 0 amide bonds. The summed E-state index contributed by atoms with van der Waals surface area (Å²) in [5.41, 5.74) is 0.539. The molecule has 1 aromatic carbocycles. The molecule has 90 valence electrons. The Labute approximate surface area is 98.7 Å². The first kappa shape index (κ1) is 12.8. The van der Waals surface area contributed by atoms with Crippen LogP contribution in [0.25, 0.3) is 4.85 Å². The molecule has 0 N–H and O–H groups in total. The van der Waals surface area contributed by atoms with Crippen LogP contribution in [0.3, 0.4) is 0 Å². The highest BCUT2D eigenvalue weighted by molar-refractivity contribution is 5.58. The Morgan fingerprint density at radius 2 is 2.12 bits per heavy atom. The van der Waals surface area contributed by atoms with Crippen LogP contribution in [0.5, 0.6) is 11.5 Å². The van der Waals surface area contributed by atoms with Crippen molar-refractivity contribution in [3.8, 4) is 11.5 Å². The fraction of sp³-hybridized carbons (Fsp3) is 0.364. The van der Waals surface area contributed by atoms with Gasteiger partial charge in [-0.1, -0.05) is 0 Å². The second kappa shape index (κ2) is 5.70. The molecular formula is C11H12N2O4. The zero-order chi connectivity index (χ0) is 12.8. The summed E-state index contributed by atoms with van der Waals surface area (Å²) in [7, 11) is 2.77. The van der Waals surface area contributed by atoms with Gasteiger partial charge in [-0.25, -0.2) is 6.57 Å². The van der Waals surface area contributed by atoms with Gasteiger partial charge in [0, 0.05) is 12.5 Å². The van der Waals surface area contributed by atoms with Gasteiger partial charge in [-0.3, -0.25) is 10.1 Å². The maximum atomic E-state index is 10.9. The number of rotatable bonds is 5. The molecular weight excluding hydrogens is 224 g/mol. The van der Waals surface area contributed by atoms with Gasteiger partial charge in [0.2, 0.25) is 12.3 Å². The van der Waals surface area contributed by atoms with Gasteiger partial charge in [0.25, 0.3) is 0 Å². The molecule has 0 saturated carbocycles. The van der Waals surface area contributed by atoms with Gasteiger partial charge >= 0.3 is 5.69 Å². The average Bonchev–Trinajstić information content (AvgIpc) is 2.34. The Hall–Kier alpha value is -2.29. The summed E-state index contributed by atoms with van der Waals surface area (Å²) in [6.45, 7) is 6.99. The van der Waals surface area contributed by atoms with Crippen LogP contribution in [0.15, 0.2) is 12.1 Å². The summed E-state index contributed by atoms with van der Waals surface area (Å²) in [6, 6.07) is 3.06. The second-order valence-electron chi connectivity index (χ2n) is 3.24. The molecule has 0 aliphatic heterocycles. The predicted octanol–water partition coefficient (Wildman–Crippen LogP) is 2.07. The van der Waals surface area contributed by atoms with Gasteiger partial charge in [0.05, 0.1) is 19.1 Å². The summed E-state index contributed by atoms with van der Waals surface area (Å²) in [5, 5.41) is 10.9. The Bertz CT molecular complexity index is 465. The number of methoxy groups -OCH3 is 2. The van der Waals surface area contributed by atoms with E-state index in [2.05, 4.69) is 4.85 Å². The van der Waals surface area contributed by atoms with Gasteiger partial charge in [0.1, 0.15) is 0 Å². The highest BCUT2D eigenvalue weighted by atomic mass is 16.6. The molecule has 17 heavy (non-hydrogen) atoms. The van der Waals surface area contributed by atoms with E-state index in [1.54, 1.807) is 6.07 Å². The first-order chi connectivity index (χ1) is 8.13. The molecule has 0 unspecified atom stereocenters. The lowest BCUT2D eigenvalue weighted by molar-refractivity contribution is -0.385. The van der Waals surface area contributed by atoms with Crippen molar-refractivity contribution >= 4 is 5.69 Å². The first-order valence-corrected chi connectivity index (χ1v) is 4.86. The number of benzene rings is 1. The summed E-state index contributed by atoms with van der Waals surface area (Å²) >= 11 is 0. The molecule has 0 saturated heterocycles. The van der Waals surface area contributed by atoms with Crippen molar-refractivity contribution in [3.05, 3.63) is 39.2 Å². The third-order valence-corrected chi connectivity index (χ3v) is 2.23. The molecule has 6 heteroatoms. The van der Waals surface area contributed by atoms with E-state index in [0.717, 1.165) is 0 Å². The van der Waals surface area contributed by atoms with E-state index in [4.69, 9.17) is 16.0 Å². The molecule has 0 aromatic heterocycles. The standard InChI is InChI=1S/C11H12N2O4/c1-12-5-4-8-6-9(13(14)15)11(17-3)10(7-8)16-2/h6-7H,4-5H2,2-3H3. The molecule has 1 aromatic rings. The van der Waals surface area contributed by atoms with E-state index in [1.807, 2.05) is 0 Å². The largest absolute Gasteiger partial charge is 0.493 e. The lowest BCUT2D eigenvalue weighted by Gasteiger charge is -2.09. The van der Waals surface area contributed by atoms with Gasteiger partial charge < -0.3 is 14.3 Å². The molecule has 0 aliphatic carbocycles. The quantitative estimate of drug-likeness (QED) is 0.446. The van der Waals surface area contributed by atoms with Gasteiger partial charge in [-0.05, 0) is 11.6 Å². The van der Waals surface area contributed by atoms with Gasteiger partial charge in [-0.15, -0.1) is 0 Å². The zero-order valence-corrected chi connectivity index (χ0v) is 9.60. The average molecular weight is 236 g/mol. The van der Waals surface area contributed by atoms with Crippen LogP contribution in [0, 0.1) is 16.7 Å². The van der Waals surface area contributed by atoms with Gasteiger partial charge in [-0.2, -0.15) is 0 Å². The molecule has 0 radical (unpaired) electrons. The van der Waals surface area contributed by atoms with Crippen LogP contribution in [-0.2, 0) is 6.42 Å². The second-order valence-corrected chi connectivity index (χ2v) is 3.24. The van der Waals surface area contributed by atoms with Crippen molar-refractivity contribution in [2.75, 3.05) is 20.8 Å². The minimum atomic E-state index is -0.525. The normalized spacial score (nSPS) is 9.47. The van der Waals surface area contributed by atoms with Gasteiger partial charge in [0.15, 0.2) is 5.75 Å². The molecule has 0 bridgehead atoms. The minimum Gasteiger partial charge on any atom is -0.493 e. The van der Waals surface area contributed by atoms with Crippen LogP contribution < -0.4 is 9.47 Å². The van der Waals surface area contributed by atoms with E-state index in [9.17, 15) is 10.1 Å². The number of hydrogen-bond acceptors (Lipinski definition) is 4. The number of nitro benzene ring substituents is 1. The summed E-state index contributed by atoms with van der Waals surface area (Å²) < 4.78 is 10.0. The minimum absolute atomic E-state index is 0.101. The number of hydrogen-bond donors (Lipinski definition) is 0. The molecule has 0 aliphatic rings.